The molecule has 0 saturated carbocycles. The van der Waals surface area contributed by atoms with Gasteiger partial charge in [-0.15, -0.1) is 0 Å². The minimum atomic E-state index is 0.485. The molecule has 1 aliphatic heterocycles. The van der Waals surface area contributed by atoms with E-state index in [0.29, 0.717) is 23.1 Å². The number of fused-ring (bicyclic) bond motifs is 1. The summed E-state index contributed by atoms with van der Waals surface area (Å²) in [4.78, 5) is 11.1. The van der Waals surface area contributed by atoms with E-state index in [-0.39, 0.29) is 0 Å². The van der Waals surface area contributed by atoms with E-state index in [1.165, 1.54) is 0 Å². The van der Waals surface area contributed by atoms with Gasteiger partial charge in [-0.2, -0.15) is 5.26 Å². The minimum absolute atomic E-state index is 0.485. The van der Waals surface area contributed by atoms with Gasteiger partial charge in [0, 0.05) is 19.3 Å². The van der Waals surface area contributed by atoms with Gasteiger partial charge in [-0.1, -0.05) is 26.0 Å². The van der Waals surface area contributed by atoms with Crippen LogP contribution >= 0.6 is 0 Å². The number of rotatable bonds is 5. The third kappa shape index (κ3) is 3.33. The number of nitrogens with one attached hydrogen (secondary N) is 2. The Hall–Kier alpha value is -3.07. The summed E-state index contributed by atoms with van der Waals surface area (Å²) in [5.41, 5.74) is 4.13. The van der Waals surface area contributed by atoms with Crippen LogP contribution < -0.4 is 15.5 Å². The first kappa shape index (κ1) is 17.7. The molecule has 0 amide bonds. The molecular formula is C20H24N6. The SMILES string of the molecule is CCN1C(=C(C#N)c2nc(NCC(C)C)ncc2C)Nc2ccccc21. The molecule has 1 aliphatic rings. The monoisotopic (exact) mass is 348 g/mol. The van der Waals surface area contributed by atoms with Gasteiger partial charge in [0.05, 0.1) is 17.1 Å². The van der Waals surface area contributed by atoms with Gasteiger partial charge in [-0.3, -0.25) is 0 Å². The van der Waals surface area contributed by atoms with Crippen LogP contribution in [0.15, 0.2) is 36.3 Å². The molecule has 0 saturated heterocycles. The van der Waals surface area contributed by atoms with Crippen LogP contribution in [-0.4, -0.2) is 23.1 Å². The quantitative estimate of drug-likeness (QED) is 0.796. The Morgan fingerprint density at radius 3 is 2.81 bits per heavy atom. The van der Waals surface area contributed by atoms with Crippen molar-refractivity contribution >= 4 is 22.9 Å². The van der Waals surface area contributed by atoms with Crippen molar-refractivity contribution in [2.24, 2.45) is 5.92 Å². The summed E-state index contributed by atoms with van der Waals surface area (Å²) in [6.45, 7) is 9.80. The Morgan fingerprint density at radius 2 is 2.12 bits per heavy atom. The second-order valence-corrected chi connectivity index (χ2v) is 6.72. The normalized spacial score (nSPS) is 14.7. The minimum Gasteiger partial charge on any atom is -0.354 e. The van der Waals surface area contributed by atoms with Crippen molar-refractivity contribution in [1.29, 1.82) is 5.26 Å². The van der Waals surface area contributed by atoms with Crippen LogP contribution in [0.1, 0.15) is 32.0 Å². The van der Waals surface area contributed by atoms with Crippen LogP contribution in [0, 0.1) is 24.2 Å². The van der Waals surface area contributed by atoms with E-state index in [2.05, 4.69) is 58.4 Å². The van der Waals surface area contributed by atoms with Crippen molar-refractivity contribution in [3.8, 4) is 6.07 Å². The summed E-state index contributed by atoms with van der Waals surface area (Å²) in [6, 6.07) is 10.4. The fourth-order valence-corrected chi connectivity index (χ4v) is 2.95. The van der Waals surface area contributed by atoms with Crippen LogP contribution in [0.2, 0.25) is 0 Å². The Morgan fingerprint density at radius 1 is 1.35 bits per heavy atom. The fourth-order valence-electron chi connectivity index (χ4n) is 2.95. The maximum absolute atomic E-state index is 9.91. The molecule has 0 unspecified atom stereocenters. The Balaban J connectivity index is 2.05. The zero-order chi connectivity index (χ0) is 18.7. The van der Waals surface area contributed by atoms with Crippen molar-refractivity contribution in [3.05, 3.63) is 47.5 Å². The van der Waals surface area contributed by atoms with Crippen molar-refractivity contribution in [2.75, 3.05) is 28.6 Å². The molecule has 0 atom stereocenters. The van der Waals surface area contributed by atoms with Gasteiger partial charge in [0.25, 0.3) is 0 Å². The van der Waals surface area contributed by atoms with Gasteiger partial charge in [-0.05, 0) is 37.5 Å². The van der Waals surface area contributed by atoms with Crippen molar-refractivity contribution in [1.82, 2.24) is 9.97 Å². The van der Waals surface area contributed by atoms with Gasteiger partial charge in [0.1, 0.15) is 17.5 Å². The van der Waals surface area contributed by atoms with Gasteiger partial charge in [-0.25, -0.2) is 9.97 Å². The third-order valence-corrected chi connectivity index (χ3v) is 4.26. The first-order valence-electron chi connectivity index (χ1n) is 8.91. The van der Waals surface area contributed by atoms with Crippen molar-refractivity contribution in [3.63, 3.8) is 0 Å². The molecule has 2 heterocycles. The number of hydrogen-bond acceptors (Lipinski definition) is 6. The van der Waals surface area contributed by atoms with Crippen molar-refractivity contribution < 1.29 is 0 Å². The molecule has 0 aliphatic carbocycles. The zero-order valence-corrected chi connectivity index (χ0v) is 15.7. The van der Waals surface area contributed by atoms with Crippen LogP contribution in [0.4, 0.5) is 17.3 Å². The molecule has 26 heavy (non-hydrogen) atoms. The average molecular weight is 348 g/mol. The number of hydrogen-bond donors (Lipinski definition) is 2. The highest BCUT2D eigenvalue weighted by atomic mass is 15.3. The standard InChI is InChI=1S/C20H24N6/c1-5-26-17-9-7-6-8-16(17)24-19(26)15(10-21)18-14(4)12-23-20(25-18)22-11-13(2)3/h6-9,12-13,24H,5,11H2,1-4H3,(H,22,23,25). The number of allylic oxidation sites excluding steroid dienone is 1. The largest absolute Gasteiger partial charge is 0.354 e. The summed E-state index contributed by atoms with van der Waals surface area (Å²) in [5.74, 6) is 1.80. The Bertz CT molecular complexity index is 878. The zero-order valence-electron chi connectivity index (χ0n) is 15.7. The lowest BCUT2D eigenvalue weighted by atomic mass is 10.1. The molecule has 2 N–H and O–H groups in total. The van der Waals surface area contributed by atoms with Gasteiger partial charge < -0.3 is 15.5 Å². The molecule has 0 fully saturated rings. The number of nitriles is 1. The highest BCUT2D eigenvalue weighted by Crippen LogP contribution is 2.38. The molecule has 0 radical (unpaired) electrons. The van der Waals surface area contributed by atoms with Crippen LogP contribution in [0.5, 0.6) is 0 Å². The summed E-state index contributed by atoms with van der Waals surface area (Å²) in [6.07, 6.45) is 1.77. The van der Waals surface area contributed by atoms with Gasteiger partial charge in [0.2, 0.25) is 5.95 Å². The third-order valence-electron chi connectivity index (χ3n) is 4.26. The summed E-state index contributed by atoms with van der Waals surface area (Å²) < 4.78 is 0. The van der Waals surface area contributed by atoms with E-state index in [1.54, 1.807) is 6.20 Å². The molecular weight excluding hydrogens is 324 g/mol. The Kier molecular flexibility index (Phi) is 5.08. The van der Waals surface area contributed by atoms with E-state index in [1.807, 2.05) is 25.1 Å². The second-order valence-electron chi connectivity index (χ2n) is 6.72. The first-order chi connectivity index (χ1) is 12.5. The number of benzene rings is 1. The lowest BCUT2D eigenvalue weighted by Crippen LogP contribution is -2.22. The topological polar surface area (TPSA) is 76.9 Å². The van der Waals surface area contributed by atoms with Crippen LogP contribution in [-0.2, 0) is 0 Å². The number of aryl methyl sites for hydroxylation is 1. The van der Waals surface area contributed by atoms with Crippen LogP contribution in [0.3, 0.4) is 0 Å². The smallest absolute Gasteiger partial charge is 0.223 e. The average Bonchev–Trinajstić information content (AvgIpc) is 3.00. The molecule has 2 aromatic rings. The number of nitrogens with zero attached hydrogens (tertiary/aromatic N) is 4. The van der Waals surface area contributed by atoms with Crippen LogP contribution in [0.25, 0.3) is 5.57 Å². The van der Waals surface area contributed by atoms with Gasteiger partial charge in [0.15, 0.2) is 0 Å². The number of aromatic nitrogens is 2. The predicted molar refractivity (Wildman–Crippen MR) is 106 cm³/mol. The molecule has 0 bridgehead atoms. The molecule has 3 rings (SSSR count). The molecule has 6 nitrogen and oxygen atoms in total. The maximum Gasteiger partial charge on any atom is 0.223 e. The molecule has 6 heteroatoms. The van der Waals surface area contributed by atoms with E-state index >= 15 is 0 Å². The second kappa shape index (κ2) is 7.44. The number of para-hydroxylation sites is 2. The van der Waals surface area contributed by atoms with E-state index < -0.39 is 0 Å². The highest BCUT2D eigenvalue weighted by Gasteiger charge is 2.27. The van der Waals surface area contributed by atoms with E-state index in [4.69, 9.17) is 0 Å². The predicted octanol–water partition coefficient (Wildman–Crippen LogP) is 4.00. The fraction of sp³-hybridized carbons (Fsp3) is 0.350. The van der Waals surface area contributed by atoms with Crippen molar-refractivity contribution in [2.45, 2.75) is 27.7 Å². The van der Waals surface area contributed by atoms with Gasteiger partial charge >= 0.3 is 0 Å². The number of anilines is 3. The lowest BCUT2D eigenvalue weighted by molar-refractivity contribution is 0.684. The molecule has 1 aromatic carbocycles. The first-order valence-corrected chi connectivity index (χ1v) is 8.91. The lowest BCUT2D eigenvalue weighted by Gasteiger charge is -2.19. The molecule has 0 spiro atoms. The molecule has 134 valence electrons. The summed E-state index contributed by atoms with van der Waals surface area (Å²) >= 11 is 0. The Labute approximate surface area is 154 Å². The maximum atomic E-state index is 9.91. The summed E-state index contributed by atoms with van der Waals surface area (Å²) in [7, 11) is 0. The van der Waals surface area contributed by atoms with E-state index in [0.717, 1.165) is 35.8 Å². The highest BCUT2D eigenvalue weighted by molar-refractivity contribution is 5.91. The summed E-state index contributed by atoms with van der Waals surface area (Å²) in [5, 5.41) is 16.5. The van der Waals surface area contributed by atoms with E-state index in [9.17, 15) is 5.26 Å². The molecule has 1 aromatic heterocycles.